The van der Waals surface area contributed by atoms with Crippen LogP contribution in [0.25, 0.3) is 16.9 Å². The summed E-state index contributed by atoms with van der Waals surface area (Å²) in [5.41, 5.74) is 3.14. The number of nitriles is 1. The van der Waals surface area contributed by atoms with Crippen molar-refractivity contribution in [3.63, 3.8) is 0 Å². The molecule has 27 heavy (non-hydrogen) atoms. The van der Waals surface area contributed by atoms with Gasteiger partial charge in [0.25, 0.3) is 0 Å². The van der Waals surface area contributed by atoms with Crippen LogP contribution in [0.3, 0.4) is 0 Å². The highest BCUT2D eigenvalue weighted by Crippen LogP contribution is 2.31. The summed E-state index contributed by atoms with van der Waals surface area (Å²) in [6, 6.07) is 11.4. The molecule has 0 saturated heterocycles. The van der Waals surface area contributed by atoms with E-state index in [4.69, 9.17) is 4.74 Å². The van der Waals surface area contributed by atoms with E-state index >= 15 is 0 Å². The molecule has 4 aromatic heterocycles. The molecule has 0 aliphatic rings. The quantitative estimate of drug-likeness (QED) is 0.531. The number of aromatic nitrogens is 5. The second-order valence-electron chi connectivity index (χ2n) is 5.42. The highest BCUT2D eigenvalue weighted by Gasteiger charge is 2.11. The lowest BCUT2D eigenvalue weighted by molar-refractivity contribution is 0.400. The maximum absolute atomic E-state index is 9.18. The summed E-state index contributed by atoms with van der Waals surface area (Å²) in [5.74, 6) is 0.469. The molecule has 4 rings (SSSR count). The molecule has 132 valence electrons. The van der Waals surface area contributed by atoms with E-state index in [1.165, 1.54) is 22.7 Å². The van der Waals surface area contributed by atoms with Gasteiger partial charge in [-0.3, -0.25) is 4.98 Å². The summed E-state index contributed by atoms with van der Waals surface area (Å²) in [6.45, 7) is 0. The highest BCUT2D eigenvalue weighted by atomic mass is 32.2. The molecule has 0 aliphatic carbocycles. The Morgan fingerprint density at radius 2 is 2.11 bits per heavy atom. The van der Waals surface area contributed by atoms with E-state index in [0.717, 1.165) is 10.5 Å². The zero-order valence-electron chi connectivity index (χ0n) is 14.2. The minimum atomic E-state index is 0.374. The first-order valence-corrected chi connectivity index (χ1v) is 8.72. The number of anilines is 1. The number of ether oxygens (including phenoxy) is 1. The summed E-state index contributed by atoms with van der Waals surface area (Å²) in [4.78, 5) is 13.6. The van der Waals surface area contributed by atoms with Crippen LogP contribution in [0.2, 0.25) is 0 Å². The predicted octanol–water partition coefficient (Wildman–Crippen LogP) is 3.19. The van der Waals surface area contributed by atoms with Crippen LogP contribution >= 0.6 is 11.9 Å². The van der Waals surface area contributed by atoms with Crippen LogP contribution in [0.1, 0.15) is 5.69 Å². The molecule has 0 atom stereocenters. The molecule has 0 radical (unpaired) electrons. The number of rotatable bonds is 5. The topological polar surface area (TPSA) is 101 Å². The first-order valence-electron chi connectivity index (χ1n) is 7.90. The van der Waals surface area contributed by atoms with Crippen molar-refractivity contribution in [1.29, 1.82) is 5.26 Å². The van der Waals surface area contributed by atoms with Gasteiger partial charge in [0.15, 0.2) is 11.3 Å². The smallest absolute Gasteiger partial charge is 0.237 e. The molecule has 1 N–H and O–H groups in total. The van der Waals surface area contributed by atoms with Crippen molar-refractivity contribution in [2.45, 2.75) is 4.90 Å². The van der Waals surface area contributed by atoms with Crippen LogP contribution in [-0.2, 0) is 0 Å². The molecule has 0 aliphatic heterocycles. The number of nitrogens with one attached hydrogen (secondary N) is 1. The third kappa shape index (κ3) is 3.38. The van der Waals surface area contributed by atoms with Gasteiger partial charge in [0.1, 0.15) is 11.8 Å². The number of nitrogens with zero attached hydrogens (tertiary/aromatic N) is 6. The summed E-state index contributed by atoms with van der Waals surface area (Å²) in [7, 11) is 1.57. The summed E-state index contributed by atoms with van der Waals surface area (Å²) >= 11 is 1.41. The number of hydrogen-bond donors (Lipinski definition) is 1. The lowest BCUT2D eigenvalue weighted by Crippen LogP contribution is -1.99. The molecule has 0 spiro atoms. The molecule has 4 heterocycles. The Bertz CT molecular complexity index is 1140. The first kappa shape index (κ1) is 16.8. The average molecular weight is 375 g/mol. The molecule has 0 aromatic carbocycles. The van der Waals surface area contributed by atoms with Crippen LogP contribution in [0, 0.1) is 11.3 Å². The maximum Gasteiger partial charge on any atom is 0.237 e. The zero-order valence-corrected chi connectivity index (χ0v) is 15.0. The zero-order chi connectivity index (χ0) is 18.6. The molecule has 9 heteroatoms. The van der Waals surface area contributed by atoms with Crippen LogP contribution in [-0.4, -0.2) is 31.7 Å². The van der Waals surface area contributed by atoms with Gasteiger partial charge in [-0.15, -0.1) is 0 Å². The molecule has 0 saturated carbocycles. The van der Waals surface area contributed by atoms with Crippen LogP contribution in [0.5, 0.6) is 5.88 Å². The summed E-state index contributed by atoms with van der Waals surface area (Å²) in [6.07, 6.45) is 6.66. The van der Waals surface area contributed by atoms with Crippen molar-refractivity contribution in [2.75, 3.05) is 11.8 Å². The van der Waals surface area contributed by atoms with Crippen LogP contribution < -0.4 is 9.46 Å². The van der Waals surface area contributed by atoms with Crippen molar-refractivity contribution >= 4 is 23.3 Å². The lowest BCUT2D eigenvalue weighted by atomic mass is 10.2. The van der Waals surface area contributed by atoms with E-state index in [1.54, 1.807) is 25.7 Å². The fourth-order valence-corrected chi connectivity index (χ4v) is 3.09. The number of methoxy groups -OCH3 is 1. The second-order valence-corrected chi connectivity index (χ2v) is 6.30. The van der Waals surface area contributed by atoms with Gasteiger partial charge >= 0.3 is 0 Å². The van der Waals surface area contributed by atoms with E-state index < -0.39 is 0 Å². The van der Waals surface area contributed by atoms with Crippen LogP contribution in [0.15, 0.2) is 60.0 Å². The Balaban J connectivity index is 1.68. The Labute approximate surface area is 159 Å². The second kappa shape index (κ2) is 7.31. The normalized spacial score (nSPS) is 10.5. The van der Waals surface area contributed by atoms with Gasteiger partial charge in [0.2, 0.25) is 5.88 Å². The fraction of sp³-hybridized carbons (Fsp3) is 0.0556. The van der Waals surface area contributed by atoms with Gasteiger partial charge in [-0.2, -0.15) is 10.4 Å². The maximum atomic E-state index is 9.18. The monoisotopic (exact) mass is 375 g/mol. The van der Waals surface area contributed by atoms with Crippen molar-refractivity contribution in [2.24, 2.45) is 0 Å². The molecular formula is C18H13N7OS. The third-order valence-electron chi connectivity index (χ3n) is 3.73. The number of imidazole rings is 1. The third-order valence-corrected chi connectivity index (χ3v) is 4.53. The molecule has 0 unspecified atom stereocenters. The molecule has 0 amide bonds. The van der Waals surface area contributed by atoms with E-state index in [-0.39, 0.29) is 0 Å². The largest absolute Gasteiger partial charge is 0.480 e. The van der Waals surface area contributed by atoms with Gasteiger partial charge in [-0.05, 0) is 42.3 Å². The fourth-order valence-electron chi connectivity index (χ4n) is 2.45. The number of fused-ring (bicyclic) bond motifs is 1. The van der Waals surface area contributed by atoms with Crippen molar-refractivity contribution in [3.05, 3.63) is 60.8 Å². The standard InChI is InChI=1S/C18H13N7OS/c1-26-18-16(24-27-14-3-2-6-20-11-14)7-12(9-22-18)15-4-5-17-21-10-13(8-19)25(17)23-15/h2-7,9-11,24H,1H3. The van der Waals surface area contributed by atoms with E-state index in [2.05, 4.69) is 30.8 Å². The molecule has 4 aromatic rings. The van der Waals surface area contributed by atoms with E-state index in [9.17, 15) is 5.26 Å². The Hall–Kier alpha value is -3.64. The van der Waals surface area contributed by atoms with Crippen molar-refractivity contribution in [1.82, 2.24) is 24.6 Å². The number of pyridine rings is 2. The van der Waals surface area contributed by atoms with Crippen LogP contribution in [0.4, 0.5) is 5.69 Å². The molecule has 0 bridgehead atoms. The lowest BCUT2D eigenvalue weighted by Gasteiger charge is -2.11. The van der Waals surface area contributed by atoms with Gasteiger partial charge in [0, 0.05) is 29.0 Å². The van der Waals surface area contributed by atoms with Crippen molar-refractivity contribution in [3.8, 4) is 23.2 Å². The summed E-state index contributed by atoms with van der Waals surface area (Å²) < 4.78 is 10.1. The highest BCUT2D eigenvalue weighted by molar-refractivity contribution is 8.00. The van der Waals surface area contributed by atoms with Crippen molar-refractivity contribution < 1.29 is 4.74 Å². The van der Waals surface area contributed by atoms with Gasteiger partial charge in [-0.25, -0.2) is 14.5 Å². The minimum absolute atomic E-state index is 0.374. The van der Waals surface area contributed by atoms with E-state index in [1.807, 2.05) is 30.3 Å². The Morgan fingerprint density at radius 3 is 2.89 bits per heavy atom. The predicted molar refractivity (Wildman–Crippen MR) is 101 cm³/mol. The minimum Gasteiger partial charge on any atom is -0.480 e. The van der Waals surface area contributed by atoms with Gasteiger partial charge in [0.05, 0.1) is 19.0 Å². The average Bonchev–Trinajstić information content (AvgIpc) is 3.15. The first-order chi connectivity index (χ1) is 13.3. The Morgan fingerprint density at radius 1 is 1.19 bits per heavy atom. The van der Waals surface area contributed by atoms with E-state index in [0.29, 0.717) is 28.6 Å². The molecular weight excluding hydrogens is 362 g/mol. The van der Waals surface area contributed by atoms with Gasteiger partial charge in [-0.1, -0.05) is 0 Å². The Kier molecular flexibility index (Phi) is 4.55. The number of hydrogen-bond acceptors (Lipinski definition) is 8. The molecule has 8 nitrogen and oxygen atoms in total. The summed E-state index contributed by atoms with van der Waals surface area (Å²) in [5, 5.41) is 13.7. The van der Waals surface area contributed by atoms with Gasteiger partial charge < -0.3 is 9.46 Å². The molecule has 0 fully saturated rings. The SMILES string of the molecule is COc1ncc(-c2ccc3ncc(C#N)n3n2)cc1NSc1cccnc1.